The van der Waals surface area contributed by atoms with E-state index < -0.39 is 0 Å². The smallest absolute Gasteiger partial charge is 0.101 e. The van der Waals surface area contributed by atoms with Crippen LogP contribution in [0, 0.1) is 23.2 Å². The Morgan fingerprint density at radius 3 is 3.17 bits per heavy atom. The Kier molecular flexibility index (Phi) is 3.12. The standard InChI is InChI=1S/C15H17N3/c16-7-11-5-14(10-18-8-11)13-2-1-12-3-4-17-9-15(12)6-13/h5-6,8,10,12,15,17H,1-4,9H2/t12-,15+/m1/s1. The van der Waals surface area contributed by atoms with Crippen LogP contribution >= 0.6 is 0 Å². The molecule has 18 heavy (non-hydrogen) atoms. The highest BCUT2D eigenvalue weighted by Crippen LogP contribution is 2.36. The Labute approximate surface area is 108 Å². The van der Waals surface area contributed by atoms with E-state index in [9.17, 15) is 0 Å². The van der Waals surface area contributed by atoms with Gasteiger partial charge in [0.2, 0.25) is 0 Å². The summed E-state index contributed by atoms with van der Waals surface area (Å²) >= 11 is 0. The fourth-order valence-electron chi connectivity index (χ4n) is 3.09. The zero-order valence-corrected chi connectivity index (χ0v) is 10.4. The molecule has 2 aliphatic rings. The largest absolute Gasteiger partial charge is 0.316 e. The van der Waals surface area contributed by atoms with E-state index in [-0.39, 0.29) is 0 Å². The highest BCUT2D eigenvalue weighted by molar-refractivity contribution is 5.67. The molecule has 3 heteroatoms. The van der Waals surface area contributed by atoms with Gasteiger partial charge in [-0.25, -0.2) is 0 Å². The van der Waals surface area contributed by atoms with Crippen molar-refractivity contribution in [2.75, 3.05) is 13.1 Å². The SMILES string of the molecule is N#Cc1cncc(C2=C[C@H]3CNCC[C@H]3CC2)c1. The number of pyridine rings is 1. The van der Waals surface area contributed by atoms with Crippen LogP contribution in [0.1, 0.15) is 30.4 Å². The van der Waals surface area contributed by atoms with Gasteiger partial charge in [-0.2, -0.15) is 5.26 Å². The van der Waals surface area contributed by atoms with Crippen LogP contribution in [0.25, 0.3) is 5.57 Å². The molecule has 0 saturated carbocycles. The highest BCUT2D eigenvalue weighted by atomic mass is 14.9. The summed E-state index contributed by atoms with van der Waals surface area (Å²) in [6.07, 6.45) is 9.59. The number of rotatable bonds is 1. The Morgan fingerprint density at radius 2 is 2.28 bits per heavy atom. The number of piperidine rings is 1. The van der Waals surface area contributed by atoms with Crippen molar-refractivity contribution in [3.05, 3.63) is 35.7 Å². The minimum atomic E-state index is 0.650. The molecule has 3 rings (SSSR count). The number of hydrogen-bond acceptors (Lipinski definition) is 3. The summed E-state index contributed by atoms with van der Waals surface area (Å²) in [7, 11) is 0. The van der Waals surface area contributed by atoms with E-state index in [1.807, 2.05) is 12.3 Å². The second-order valence-corrected chi connectivity index (χ2v) is 5.22. The number of nitriles is 1. The predicted molar refractivity (Wildman–Crippen MR) is 70.6 cm³/mol. The molecule has 3 nitrogen and oxygen atoms in total. The molecule has 0 radical (unpaired) electrons. The van der Waals surface area contributed by atoms with Crippen LogP contribution < -0.4 is 5.32 Å². The zero-order chi connectivity index (χ0) is 12.4. The molecule has 92 valence electrons. The first kappa shape index (κ1) is 11.4. The molecule has 0 unspecified atom stereocenters. The van der Waals surface area contributed by atoms with E-state index in [1.54, 1.807) is 6.20 Å². The lowest BCUT2D eigenvalue weighted by atomic mass is 9.76. The van der Waals surface area contributed by atoms with Gasteiger partial charge in [-0.3, -0.25) is 4.98 Å². The summed E-state index contributed by atoms with van der Waals surface area (Å²) in [5, 5.41) is 12.4. The summed E-state index contributed by atoms with van der Waals surface area (Å²) in [6.45, 7) is 2.26. The van der Waals surface area contributed by atoms with Crippen molar-refractivity contribution in [3.8, 4) is 6.07 Å². The lowest BCUT2D eigenvalue weighted by Gasteiger charge is -2.34. The van der Waals surface area contributed by atoms with Crippen LogP contribution in [0.3, 0.4) is 0 Å². The number of hydrogen-bond donors (Lipinski definition) is 1. The van der Waals surface area contributed by atoms with Gasteiger partial charge in [0.1, 0.15) is 6.07 Å². The lowest BCUT2D eigenvalue weighted by molar-refractivity contribution is 0.279. The van der Waals surface area contributed by atoms with Crippen molar-refractivity contribution >= 4 is 5.57 Å². The van der Waals surface area contributed by atoms with Gasteiger partial charge in [0, 0.05) is 18.9 Å². The molecular weight excluding hydrogens is 222 g/mol. The van der Waals surface area contributed by atoms with E-state index in [2.05, 4.69) is 22.4 Å². The topological polar surface area (TPSA) is 48.7 Å². The number of allylic oxidation sites excluding steroid dienone is 1. The molecule has 1 aromatic rings. The normalized spacial score (nSPS) is 26.9. The third-order valence-corrected chi connectivity index (χ3v) is 4.12. The number of fused-ring (bicyclic) bond motifs is 1. The molecule has 0 amide bonds. The van der Waals surface area contributed by atoms with E-state index >= 15 is 0 Å². The van der Waals surface area contributed by atoms with Crippen LogP contribution in [0.15, 0.2) is 24.5 Å². The molecule has 1 fully saturated rings. The van der Waals surface area contributed by atoms with Crippen molar-refractivity contribution in [2.45, 2.75) is 19.3 Å². The first-order valence-electron chi connectivity index (χ1n) is 6.64. The lowest BCUT2D eigenvalue weighted by Crippen LogP contribution is -2.37. The maximum absolute atomic E-state index is 8.93. The van der Waals surface area contributed by atoms with Crippen molar-refractivity contribution in [3.63, 3.8) is 0 Å². The number of aromatic nitrogens is 1. The van der Waals surface area contributed by atoms with Crippen LogP contribution in [-0.4, -0.2) is 18.1 Å². The van der Waals surface area contributed by atoms with Crippen LogP contribution in [0.4, 0.5) is 0 Å². The van der Waals surface area contributed by atoms with Gasteiger partial charge in [0.25, 0.3) is 0 Å². The maximum Gasteiger partial charge on any atom is 0.101 e. The summed E-state index contributed by atoms with van der Waals surface area (Å²) < 4.78 is 0. The summed E-state index contributed by atoms with van der Waals surface area (Å²) in [5.41, 5.74) is 3.14. The van der Waals surface area contributed by atoms with Crippen LogP contribution in [0.2, 0.25) is 0 Å². The van der Waals surface area contributed by atoms with Crippen molar-refractivity contribution < 1.29 is 0 Å². The zero-order valence-electron chi connectivity index (χ0n) is 10.4. The van der Waals surface area contributed by atoms with Gasteiger partial charge in [0.15, 0.2) is 0 Å². The molecule has 0 aromatic carbocycles. The molecule has 2 atom stereocenters. The first-order chi connectivity index (χ1) is 8.86. The molecule has 0 spiro atoms. The summed E-state index contributed by atoms with van der Waals surface area (Å²) in [5.74, 6) is 1.51. The maximum atomic E-state index is 8.93. The second kappa shape index (κ2) is 4.91. The fourth-order valence-corrected chi connectivity index (χ4v) is 3.09. The van der Waals surface area contributed by atoms with E-state index in [0.717, 1.165) is 31.0 Å². The predicted octanol–water partition coefficient (Wildman–Crippen LogP) is 2.36. The minimum absolute atomic E-state index is 0.650. The molecule has 1 aliphatic heterocycles. The van der Waals surface area contributed by atoms with Gasteiger partial charge in [-0.1, -0.05) is 6.08 Å². The van der Waals surface area contributed by atoms with Crippen molar-refractivity contribution in [1.82, 2.24) is 10.3 Å². The van der Waals surface area contributed by atoms with Crippen LogP contribution in [0.5, 0.6) is 0 Å². The fraction of sp³-hybridized carbons (Fsp3) is 0.467. The molecule has 1 N–H and O–H groups in total. The van der Waals surface area contributed by atoms with Gasteiger partial charge >= 0.3 is 0 Å². The molecular formula is C15H17N3. The Bertz CT molecular complexity index is 513. The first-order valence-corrected chi connectivity index (χ1v) is 6.64. The summed E-state index contributed by atoms with van der Waals surface area (Å²) in [6, 6.07) is 4.11. The quantitative estimate of drug-likeness (QED) is 0.818. The highest BCUT2D eigenvalue weighted by Gasteiger charge is 2.27. The van der Waals surface area contributed by atoms with E-state index in [4.69, 9.17) is 5.26 Å². The molecule has 0 bridgehead atoms. The van der Waals surface area contributed by atoms with Gasteiger partial charge in [0.05, 0.1) is 5.56 Å². The van der Waals surface area contributed by atoms with E-state index in [1.165, 1.54) is 18.4 Å². The monoisotopic (exact) mass is 239 g/mol. The average Bonchev–Trinajstić information content (AvgIpc) is 2.47. The third kappa shape index (κ3) is 2.16. The van der Waals surface area contributed by atoms with Gasteiger partial charge in [-0.05, 0) is 54.8 Å². The van der Waals surface area contributed by atoms with Crippen molar-refractivity contribution in [2.24, 2.45) is 11.8 Å². The average molecular weight is 239 g/mol. The second-order valence-electron chi connectivity index (χ2n) is 5.22. The molecule has 1 aliphatic carbocycles. The Balaban J connectivity index is 1.88. The van der Waals surface area contributed by atoms with Gasteiger partial charge < -0.3 is 5.32 Å². The molecule has 2 heterocycles. The van der Waals surface area contributed by atoms with Crippen molar-refractivity contribution in [1.29, 1.82) is 5.26 Å². The minimum Gasteiger partial charge on any atom is -0.316 e. The Morgan fingerprint density at radius 1 is 1.33 bits per heavy atom. The van der Waals surface area contributed by atoms with Gasteiger partial charge in [-0.15, -0.1) is 0 Å². The number of nitrogens with one attached hydrogen (secondary N) is 1. The number of nitrogens with zero attached hydrogens (tertiary/aromatic N) is 2. The molecule has 1 aromatic heterocycles. The third-order valence-electron chi connectivity index (χ3n) is 4.12. The Hall–Kier alpha value is -1.66. The summed E-state index contributed by atoms with van der Waals surface area (Å²) in [4.78, 5) is 4.16. The molecule has 1 saturated heterocycles. The van der Waals surface area contributed by atoms with Crippen LogP contribution in [-0.2, 0) is 0 Å². The van der Waals surface area contributed by atoms with E-state index in [0.29, 0.717) is 11.5 Å².